The van der Waals surface area contributed by atoms with E-state index in [-0.39, 0.29) is 0 Å². The summed E-state index contributed by atoms with van der Waals surface area (Å²) in [5, 5.41) is 14.0. The van der Waals surface area contributed by atoms with Gasteiger partial charge in [0.05, 0.1) is 11.0 Å². The van der Waals surface area contributed by atoms with Crippen molar-refractivity contribution < 1.29 is 4.42 Å². The number of furan rings is 1. The highest BCUT2D eigenvalue weighted by Gasteiger charge is 2.20. The standard InChI is InChI=1S/C55H32N4O/c1-2-13-36(14-3-1)53-56-54(58-55(57-53)44-20-10-17-33-11-6-8-18-41(33)44)39-23-27-45-50(31-39)60-49-28-24-35-21-25-40(32-46(35)51(45)49)59-48-30-38-16-5-4-15-37(38)29-47(48)43-26-22-34-12-7-9-19-42(34)52(43)59/h1-32H. The van der Waals surface area contributed by atoms with Crippen LogP contribution in [0.1, 0.15) is 0 Å². The molecule has 3 aromatic heterocycles. The maximum absolute atomic E-state index is 6.71. The van der Waals surface area contributed by atoms with Crippen molar-refractivity contribution in [3.63, 3.8) is 0 Å². The Morgan fingerprint density at radius 1 is 0.350 bits per heavy atom. The SMILES string of the molecule is c1ccc(-c2nc(-c3ccc4c(c3)oc3ccc5ccc(-n6c7cc8ccccc8cc7c7ccc8ccccc8c76)cc5c34)nc(-c3cccc4ccccc34)n2)cc1. The number of nitrogens with zero attached hydrogens (tertiary/aromatic N) is 4. The molecule has 0 unspecified atom stereocenters. The van der Waals surface area contributed by atoms with Crippen molar-refractivity contribution in [3.05, 3.63) is 194 Å². The Labute approximate surface area is 343 Å². The molecule has 5 heteroatoms. The number of aromatic nitrogens is 4. The van der Waals surface area contributed by atoms with E-state index in [1.54, 1.807) is 0 Å². The highest BCUT2D eigenvalue weighted by Crippen LogP contribution is 2.42. The number of fused-ring (bicyclic) bond motifs is 12. The van der Waals surface area contributed by atoms with Crippen molar-refractivity contribution >= 4 is 86.8 Å². The Morgan fingerprint density at radius 3 is 1.83 bits per heavy atom. The molecule has 13 rings (SSSR count). The van der Waals surface area contributed by atoms with E-state index in [0.29, 0.717) is 17.5 Å². The first-order chi connectivity index (χ1) is 29.7. The van der Waals surface area contributed by atoms with Crippen molar-refractivity contribution in [1.29, 1.82) is 0 Å². The molecule has 5 nitrogen and oxygen atoms in total. The lowest BCUT2D eigenvalue weighted by molar-refractivity contribution is 0.669. The maximum Gasteiger partial charge on any atom is 0.164 e. The largest absolute Gasteiger partial charge is 0.456 e. The van der Waals surface area contributed by atoms with Crippen LogP contribution in [-0.4, -0.2) is 19.5 Å². The van der Waals surface area contributed by atoms with Gasteiger partial charge in [-0.05, 0) is 80.2 Å². The lowest BCUT2D eigenvalue weighted by Crippen LogP contribution is -2.00. The molecule has 0 fully saturated rings. The molecule has 0 aliphatic carbocycles. The molecule has 278 valence electrons. The third-order valence-corrected chi connectivity index (χ3v) is 12.2. The van der Waals surface area contributed by atoms with Crippen LogP contribution < -0.4 is 0 Å². The monoisotopic (exact) mass is 764 g/mol. The average Bonchev–Trinajstić information content (AvgIpc) is 3.86. The molecule has 0 amide bonds. The Kier molecular flexibility index (Phi) is 6.95. The van der Waals surface area contributed by atoms with E-state index in [9.17, 15) is 0 Å². The Bertz CT molecular complexity index is 3890. The van der Waals surface area contributed by atoms with Gasteiger partial charge in [-0.3, -0.25) is 0 Å². The summed E-state index contributed by atoms with van der Waals surface area (Å²) < 4.78 is 9.16. The predicted octanol–water partition coefficient (Wildman–Crippen LogP) is 14.5. The van der Waals surface area contributed by atoms with Gasteiger partial charge in [-0.1, -0.05) is 152 Å². The first-order valence-corrected chi connectivity index (χ1v) is 20.3. The van der Waals surface area contributed by atoms with Crippen LogP contribution in [-0.2, 0) is 0 Å². The van der Waals surface area contributed by atoms with Crippen LogP contribution in [0.4, 0.5) is 0 Å². The average molecular weight is 765 g/mol. The van der Waals surface area contributed by atoms with Gasteiger partial charge >= 0.3 is 0 Å². The Balaban J connectivity index is 1.02. The third-order valence-electron chi connectivity index (χ3n) is 12.2. The molecule has 0 saturated carbocycles. The van der Waals surface area contributed by atoms with Crippen molar-refractivity contribution in [3.8, 4) is 39.9 Å². The molecule has 0 spiro atoms. The topological polar surface area (TPSA) is 56.7 Å². The minimum absolute atomic E-state index is 0.590. The van der Waals surface area contributed by atoms with Gasteiger partial charge < -0.3 is 8.98 Å². The van der Waals surface area contributed by atoms with Crippen LogP contribution in [0.3, 0.4) is 0 Å². The fraction of sp³-hybridized carbons (Fsp3) is 0. The minimum atomic E-state index is 0.590. The second-order valence-electron chi connectivity index (χ2n) is 15.6. The van der Waals surface area contributed by atoms with Gasteiger partial charge in [-0.15, -0.1) is 0 Å². The molecule has 3 heterocycles. The smallest absolute Gasteiger partial charge is 0.164 e. The second kappa shape index (κ2) is 12.7. The summed E-state index contributed by atoms with van der Waals surface area (Å²) in [6.07, 6.45) is 0. The Morgan fingerprint density at radius 2 is 0.983 bits per heavy atom. The third kappa shape index (κ3) is 4.96. The van der Waals surface area contributed by atoms with Gasteiger partial charge in [-0.25, -0.2) is 15.0 Å². The molecule has 0 bridgehead atoms. The summed E-state index contributed by atoms with van der Waals surface area (Å²) in [6, 6.07) is 68.7. The highest BCUT2D eigenvalue weighted by atomic mass is 16.3. The maximum atomic E-state index is 6.71. The summed E-state index contributed by atoms with van der Waals surface area (Å²) in [5.74, 6) is 1.84. The zero-order valence-corrected chi connectivity index (χ0v) is 32.2. The van der Waals surface area contributed by atoms with Crippen LogP contribution in [0.25, 0.3) is 127 Å². The van der Waals surface area contributed by atoms with Crippen molar-refractivity contribution in [2.24, 2.45) is 0 Å². The second-order valence-corrected chi connectivity index (χ2v) is 15.6. The van der Waals surface area contributed by atoms with Gasteiger partial charge in [0.1, 0.15) is 11.2 Å². The molecule has 0 radical (unpaired) electrons. The lowest BCUT2D eigenvalue weighted by atomic mass is 10.0. The summed E-state index contributed by atoms with van der Waals surface area (Å²) in [5.41, 5.74) is 7.87. The molecular formula is C55H32N4O. The van der Waals surface area contributed by atoms with Crippen molar-refractivity contribution in [2.45, 2.75) is 0 Å². The van der Waals surface area contributed by atoms with E-state index < -0.39 is 0 Å². The predicted molar refractivity (Wildman–Crippen MR) is 248 cm³/mol. The number of benzene rings is 10. The summed E-state index contributed by atoms with van der Waals surface area (Å²) in [7, 11) is 0. The first kappa shape index (κ1) is 32.9. The van der Waals surface area contributed by atoms with E-state index in [2.05, 4.69) is 168 Å². The van der Waals surface area contributed by atoms with E-state index in [4.69, 9.17) is 19.4 Å². The molecule has 0 saturated heterocycles. The van der Waals surface area contributed by atoms with Crippen LogP contribution in [0.2, 0.25) is 0 Å². The molecule has 60 heavy (non-hydrogen) atoms. The van der Waals surface area contributed by atoms with E-state index >= 15 is 0 Å². The summed E-state index contributed by atoms with van der Waals surface area (Å²) >= 11 is 0. The number of hydrogen-bond acceptors (Lipinski definition) is 4. The molecule has 0 aliphatic heterocycles. The summed E-state index contributed by atoms with van der Waals surface area (Å²) in [4.78, 5) is 15.2. The zero-order valence-electron chi connectivity index (χ0n) is 32.2. The van der Waals surface area contributed by atoms with Gasteiger partial charge in [0.2, 0.25) is 0 Å². The van der Waals surface area contributed by atoms with Gasteiger partial charge in [-0.2, -0.15) is 0 Å². The van der Waals surface area contributed by atoms with Crippen LogP contribution >= 0.6 is 0 Å². The fourth-order valence-electron chi connectivity index (χ4n) is 9.35. The van der Waals surface area contributed by atoms with E-state index in [1.807, 2.05) is 30.3 Å². The fourth-order valence-corrected chi connectivity index (χ4v) is 9.35. The van der Waals surface area contributed by atoms with Crippen LogP contribution in [0.5, 0.6) is 0 Å². The van der Waals surface area contributed by atoms with Crippen LogP contribution in [0.15, 0.2) is 199 Å². The van der Waals surface area contributed by atoms with E-state index in [0.717, 1.165) is 65.9 Å². The molecule has 0 atom stereocenters. The van der Waals surface area contributed by atoms with Gasteiger partial charge in [0.15, 0.2) is 17.5 Å². The number of hydrogen-bond donors (Lipinski definition) is 0. The van der Waals surface area contributed by atoms with E-state index in [1.165, 1.54) is 43.4 Å². The van der Waals surface area contributed by atoms with Crippen molar-refractivity contribution in [1.82, 2.24) is 19.5 Å². The molecule has 0 N–H and O–H groups in total. The van der Waals surface area contributed by atoms with Gasteiger partial charge in [0.25, 0.3) is 0 Å². The molecule has 10 aromatic carbocycles. The minimum Gasteiger partial charge on any atom is -0.456 e. The number of rotatable bonds is 4. The molecular weight excluding hydrogens is 733 g/mol. The first-order valence-electron chi connectivity index (χ1n) is 20.3. The van der Waals surface area contributed by atoms with Crippen molar-refractivity contribution in [2.75, 3.05) is 0 Å². The molecule has 13 aromatic rings. The van der Waals surface area contributed by atoms with Gasteiger partial charge in [0, 0.05) is 49.3 Å². The quantitative estimate of drug-likeness (QED) is 0.179. The Hall–Kier alpha value is -8.15. The highest BCUT2D eigenvalue weighted by molar-refractivity contribution is 6.22. The van der Waals surface area contributed by atoms with Crippen LogP contribution in [0, 0.1) is 0 Å². The normalized spacial score (nSPS) is 12.0. The lowest BCUT2D eigenvalue weighted by Gasteiger charge is -2.12. The summed E-state index contributed by atoms with van der Waals surface area (Å²) in [6.45, 7) is 0. The molecule has 0 aliphatic rings. The zero-order chi connectivity index (χ0) is 39.3.